The number of rotatable bonds is 6. The molecule has 0 saturated heterocycles. The minimum absolute atomic E-state index is 0.0420. The normalized spacial score (nSPS) is 15.9. The summed E-state index contributed by atoms with van der Waals surface area (Å²) >= 11 is 0. The average molecular weight is 340 g/mol. The van der Waals surface area contributed by atoms with Crippen LogP contribution in [0.2, 0.25) is 0 Å². The van der Waals surface area contributed by atoms with Crippen molar-refractivity contribution in [3.63, 3.8) is 0 Å². The van der Waals surface area contributed by atoms with Gasteiger partial charge >= 0.3 is 0 Å². The summed E-state index contributed by atoms with van der Waals surface area (Å²) in [6, 6.07) is 1.89. The highest BCUT2D eigenvalue weighted by molar-refractivity contribution is 7.92. The van der Waals surface area contributed by atoms with Crippen molar-refractivity contribution < 1.29 is 13.2 Å². The molecule has 0 bridgehead atoms. The van der Waals surface area contributed by atoms with E-state index < -0.39 is 15.1 Å². The SMILES string of the molecule is CCCS(=O)(=O)C(C)C(=O)N1CCc2nnc(NCC)cc2C1. The van der Waals surface area contributed by atoms with Crippen LogP contribution in [0.15, 0.2) is 6.07 Å². The van der Waals surface area contributed by atoms with Crippen molar-refractivity contribution in [2.75, 3.05) is 24.2 Å². The molecule has 1 unspecified atom stereocenters. The molecular formula is C15H24N4O3S. The lowest BCUT2D eigenvalue weighted by Crippen LogP contribution is -2.44. The predicted octanol–water partition coefficient (Wildman–Crippen LogP) is 1.01. The Kier molecular flexibility index (Phi) is 5.56. The fraction of sp³-hybridized carbons (Fsp3) is 0.667. The van der Waals surface area contributed by atoms with Crippen LogP contribution < -0.4 is 5.32 Å². The standard InChI is InChI=1S/C15H24N4O3S/c1-4-8-23(21,22)11(3)15(20)19-7-6-13-12(10-19)9-14(16-5-2)18-17-13/h9,11H,4-8,10H2,1-3H3,(H,16,18). The molecule has 0 spiro atoms. The van der Waals surface area contributed by atoms with Gasteiger partial charge in [0.05, 0.1) is 11.4 Å². The molecule has 1 amide bonds. The van der Waals surface area contributed by atoms with Crippen molar-refractivity contribution >= 4 is 21.6 Å². The number of carbonyl (C=O) groups is 1. The van der Waals surface area contributed by atoms with Gasteiger partial charge in [-0.3, -0.25) is 4.79 Å². The van der Waals surface area contributed by atoms with E-state index in [0.717, 1.165) is 17.8 Å². The quantitative estimate of drug-likeness (QED) is 0.831. The summed E-state index contributed by atoms with van der Waals surface area (Å²) in [5.74, 6) is 0.388. The molecule has 0 fully saturated rings. The minimum atomic E-state index is -3.38. The first-order chi connectivity index (χ1) is 10.9. The number of amides is 1. The Bertz CT molecular complexity index is 675. The number of hydrogen-bond donors (Lipinski definition) is 1. The number of carbonyl (C=O) groups excluding carboxylic acids is 1. The van der Waals surface area contributed by atoms with E-state index in [0.29, 0.717) is 31.7 Å². The highest BCUT2D eigenvalue weighted by Gasteiger charge is 2.32. The van der Waals surface area contributed by atoms with Crippen molar-refractivity contribution in [3.8, 4) is 0 Å². The molecule has 1 aliphatic rings. The smallest absolute Gasteiger partial charge is 0.240 e. The highest BCUT2D eigenvalue weighted by atomic mass is 32.2. The van der Waals surface area contributed by atoms with E-state index in [-0.39, 0.29) is 11.7 Å². The minimum Gasteiger partial charge on any atom is -0.369 e. The van der Waals surface area contributed by atoms with Crippen LogP contribution in [0.1, 0.15) is 38.4 Å². The lowest BCUT2D eigenvalue weighted by Gasteiger charge is -2.30. The second-order valence-electron chi connectivity index (χ2n) is 5.75. The molecule has 8 heteroatoms. The van der Waals surface area contributed by atoms with Crippen LogP contribution in [0.3, 0.4) is 0 Å². The molecule has 0 radical (unpaired) electrons. The summed E-state index contributed by atoms with van der Waals surface area (Å²) in [5.41, 5.74) is 1.80. The number of sulfone groups is 1. The Morgan fingerprint density at radius 2 is 2.13 bits per heavy atom. The zero-order valence-corrected chi connectivity index (χ0v) is 14.7. The second kappa shape index (κ2) is 7.25. The summed E-state index contributed by atoms with van der Waals surface area (Å²) in [6.45, 7) is 6.85. The summed E-state index contributed by atoms with van der Waals surface area (Å²) in [6.07, 6.45) is 1.12. The van der Waals surface area contributed by atoms with E-state index in [9.17, 15) is 13.2 Å². The zero-order valence-electron chi connectivity index (χ0n) is 13.9. The summed E-state index contributed by atoms with van der Waals surface area (Å²) in [5, 5.41) is 10.4. The first-order valence-corrected chi connectivity index (χ1v) is 9.70. The van der Waals surface area contributed by atoms with E-state index in [2.05, 4.69) is 15.5 Å². The van der Waals surface area contributed by atoms with Gasteiger partial charge in [0.15, 0.2) is 9.84 Å². The molecule has 0 saturated carbocycles. The van der Waals surface area contributed by atoms with Gasteiger partial charge in [-0.1, -0.05) is 6.92 Å². The van der Waals surface area contributed by atoms with Crippen molar-refractivity contribution in [2.45, 2.75) is 45.4 Å². The molecular weight excluding hydrogens is 316 g/mol. The van der Waals surface area contributed by atoms with Gasteiger partial charge in [-0.2, -0.15) is 5.10 Å². The second-order valence-corrected chi connectivity index (χ2v) is 8.19. The molecule has 0 aromatic carbocycles. The van der Waals surface area contributed by atoms with E-state index in [1.54, 1.807) is 11.8 Å². The molecule has 1 N–H and O–H groups in total. The van der Waals surface area contributed by atoms with Crippen LogP contribution in [0.4, 0.5) is 5.82 Å². The Labute approximate surface area is 137 Å². The maximum atomic E-state index is 12.5. The van der Waals surface area contributed by atoms with Gasteiger partial charge in [0.1, 0.15) is 11.1 Å². The zero-order chi connectivity index (χ0) is 17.0. The topological polar surface area (TPSA) is 92.3 Å². The van der Waals surface area contributed by atoms with Gasteiger partial charge in [-0.25, -0.2) is 8.42 Å². The molecule has 1 aromatic rings. The molecule has 1 aliphatic heterocycles. The third-order valence-electron chi connectivity index (χ3n) is 3.98. The van der Waals surface area contributed by atoms with Crippen molar-refractivity contribution in [1.82, 2.24) is 15.1 Å². The molecule has 1 aromatic heterocycles. The van der Waals surface area contributed by atoms with Crippen LogP contribution in [0.25, 0.3) is 0 Å². The number of aromatic nitrogens is 2. The summed E-state index contributed by atoms with van der Waals surface area (Å²) in [7, 11) is -3.38. The molecule has 0 aliphatic carbocycles. The van der Waals surface area contributed by atoms with Crippen LogP contribution in [-0.2, 0) is 27.6 Å². The number of nitrogens with one attached hydrogen (secondary N) is 1. The number of fused-ring (bicyclic) bond motifs is 1. The lowest BCUT2D eigenvalue weighted by atomic mass is 10.1. The number of anilines is 1. The van der Waals surface area contributed by atoms with Crippen molar-refractivity contribution in [2.24, 2.45) is 0 Å². The van der Waals surface area contributed by atoms with Gasteiger partial charge in [-0.15, -0.1) is 5.10 Å². The third kappa shape index (κ3) is 3.99. The largest absolute Gasteiger partial charge is 0.369 e. The Hall–Kier alpha value is -1.70. The predicted molar refractivity (Wildman–Crippen MR) is 88.9 cm³/mol. The molecule has 1 atom stereocenters. The van der Waals surface area contributed by atoms with Crippen LogP contribution in [-0.4, -0.2) is 53.5 Å². The van der Waals surface area contributed by atoms with Gasteiger partial charge < -0.3 is 10.2 Å². The molecule has 23 heavy (non-hydrogen) atoms. The average Bonchev–Trinajstić information content (AvgIpc) is 2.53. The summed E-state index contributed by atoms with van der Waals surface area (Å²) in [4.78, 5) is 14.1. The van der Waals surface area contributed by atoms with E-state index in [4.69, 9.17) is 0 Å². The fourth-order valence-electron chi connectivity index (χ4n) is 2.66. The Morgan fingerprint density at radius 3 is 2.78 bits per heavy atom. The van der Waals surface area contributed by atoms with Crippen molar-refractivity contribution in [1.29, 1.82) is 0 Å². The summed E-state index contributed by atoms with van der Waals surface area (Å²) < 4.78 is 24.2. The van der Waals surface area contributed by atoms with Gasteiger partial charge in [0.25, 0.3) is 0 Å². The lowest BCUT2D eigenvalue weighted by molar-refractivity contribution is -0.131. The molecule has 2 heterocycles. The van der Waals surface area contributed by atoms with Crippen LogP contribution >= 0.6 is 0 Å². The van der Waals surface area contributed by atoms with E-state index in [1.165, 1.54) is 6.92 Å². The molecule has 128 valence electrons. The maximum Gasteiger partial charge on any atom is 0.240 e. The van der Waals surface area contributed by atoms with E-state index >= 15 is 0 Å². The third-order valence-corrected chi connectivity index (χ3v) is 6.24. The molecule has 7 nitrogen and oxygen atoms in total. The first-order valence-electron chi connectivity index (χ1n) is 7.98. The monoisotopic (exact) mass is 340 g/mol. The first kappa shape index (κ1) is 17.7. The number of hydrogen-bond acceptors (Lipinski definition) is 6. The van der Waals surface area contributed by atoms with Gasteiger partial charge in [0.2, 0.25) is 5.91 Å². The van der Waals surface area contributed by atoms with Crippen LogP contribution in [0, 0.1) is 0 Å². The Balaban J connectivity index is 2.14. The van der Waals surface area contributed by atoms with Crippen LogP contribution in [0.5, 0.6) is 0 Å². The highest BCUT2D eigenvalue weighted by Crippen LogP contribution is 2.20. The fourth-order valence-corrected chi connectivity index (χ4v) is 4.04. The number of nitrogens with zero attached hydrogens (tertiary/aromatic N) is 3. The van der Waals surface area contributed by atoms with Crippen molar-refractivity contribution in [3.05, 3.63) is 17.3 Å². The van der Waals surface area contributed by atoms with Gasteiger partial charge in [0, 0.05) is 26.1 Å². The Morgan fingerprint density at radius 1 is 1.39 bits per heavy atom. The molecule has 2 rings (SSSR count). The van der Waals surface area contributed by atoms with Gasteiger partial charge in [-0.05, 0) is 31.9 Å². The maximum absolute atomic E-state index is 12.5. The van der Waals surface area contributed by atoms with E-state index in [1.807, 2.05) is 13.0 Å².